The van der Waals surface area contributed by atoms with Crippen molar-refractivity contribution >= 4 is 16.6 Å². The van der Waals surface area contributed by atoms with Crippen molar-refractivity contribution < 1.29 is 0 Å². The van der Waals surface area contributed by atoms with Crippen LogP contribution in [-0.4, -0.2) is 14.8 Å². The van der Waals surface area contributed by atoms with Crippen molar-refractivity contribution in [2.75, 3.05) is 5.32 Å². The van der Waals surface area contributed by atoms with Crippen molar-refractivity contribution in [1.29, 1.82) is 0 Å². The van der Waals surface area contributed by atoms with E-state index in [9.17, 15) is 0 Å². The molecule has 2 heterocycles. The number of nitrogens with one attached hydrogen (secondary N) is 1. The molecule has 0 aliphatic rings. The monoisotopic (exact) mass is 238 g/mol. The largest absolute Gasteiger partial charge is 0.380 e. The van der Waals surface area contributed by atoms with E-state index in [1.54, 1.807) is 0 Å². The molecule has 3 rings (SSSR count). The van der Waals surface area contributed by atoms with Crippen molar-refractivity contribution in [1.82, 2.24) is 14.8 Å². The second-order valence-electron chi connectivity index (χ2n) is 4.25. The third-order valence-corrected chi connectivity index (χ3v) is 2.89. The van der Waals surface area contributed by atoms with E-state index in [1.807, 2.05) is 48.5 Å². The van der Waals surface area contributed by atoms with Crippen molar-refractivity contribution in [3.8, 4) is 0 Å². The summed E-state index contributed by atoms with van der Waals surface area (Å²) >= 11 is 0. The Bertz CT molecular complexity index is 667. The molecular weight excluding hydrogens is 224 g/mol. The van der Waals surface area contributed by atoms with Crippen LogP contribution in [0.15, 0.2) is 48.9 Å². The Hall–Kier alpha value is -2.36. The molecule has 0 bridgehead atoms. The van der Waals surface area contributed by atoms with Crippen LogP contribution in [0.25, 0.3) is 10.9 Å². The van der Waals surface area contributed by atoms with Crippen LogP contribution < -0.4 is 5.32 Å². The van der Waals surface area contributed by atoms with Gasteiger partial charge in [-0.3, -0.25) is 9.67 Å². The molecule has 0 unspecified atom stereocenters. The lowest BCUT2D eigenvalue weighted by Gasteiger charge is -2.07. The molecule has 2 aromatic heterocycles. The minimum Gasteiger partial charge on any atom is -0.380 e. The SMILES string of the molecule is Cn1cc(CNc2cccc3ncccc23)cn1. The van der Waals surface area contributed by atoms with Gasteiger partial charge in [-0.15, -0.1) is 0 Å². The second-order valence-corrected chi connectivity index (χ2v) is 4.25. The highest BCUT2D eigenvalue weighted by atomic mass is 15.2. The Kier molecular flexibility index (Phi) is 2.68. The highest BCUT2D eigenvalue weighted by molar-refractivity contribution is 5.91. The van der Waals surface area contributed by atoms with Crippen LogP contribution in [0.3, 0.4) is 0 Å². The van der Waals surface area contributed by atoms with Gasteiger partial charge in [0, 0.05) is 42.6 Å². The van der Waals surface area contributed by atoms with Gasteiger partial charge < -0.3 is 5.32 Å². The fourth-order valence-corrected chi connectivity index (χ4v) is 2.02. The predicted octanol–water partition coefficient (Wildman–Crippen LogP) is 2.58. The number of benzene rings is 1. The maximum absolute atomic E-state index is 4.34. The van der Waals surface area contributed by atoms with Crippen LogP contribution in [-0.2, 0) is 13.6 Å². The zero-order valence-electron chi connectivity index (χ0n) is 10.2. The molecule has 0 fully saturated rings. The van der Waals surface area contributed by atoms with Crippen LogP contribution in [0.2, 0.25) is 0 Å². The number of aromatic nitrogens is 3. The summed E-state index contributed by atoms with van der Waals surface area (Å²) in [5.74, 6) is 0. The third-order valence-electron chi connectivity index (χ3n) is 2.89. The molecule has 1 aromatic carbocycles. The molecule has 4 nitrogen and oxygen atoms in total. The first-order valence-corrected chi connectivity index (χ1v) is 5.88. The summed E-state index contributed by atoms with van der Waals surface area (Å²) in [5, 5.41) is 8.72. The fraction of sp³-hybridized carbons (Fsp3) is 0.143. The Morgan fingerprint density at radius 2 is 2.17 bits per heavy atom. The Morgan fingerprint density at radius 3 is 3.00 bits per heavy atom. The average Bonchev–Trinajstić information content (AvgIpc) is 2.82. The lowest BCUT2D eigenvalue weighted by molar-refractivity contribution is 0.767. The number of rotatable bonds is 3. The van der Waals surface area contributed by atoms with Gasteiger partial charge in [0.15, 0.2) is 0 Å². The molecule has 1 N–H and O–H groups in total. The number of pyridine rings is 1. The van der Waals surface area contributed by atoms with Gasteiger partial charge in [-0.25, -0.2) is 0 Å². The number of hydrogen-bond donors (Lipinski definition) is 1. The fourth-order valence-electron chi connectivity index (χ4n) is 2.02. The number of nitrogens with zero attached hydrogens (tertiary/aromatic N) is 3. The van der Waals surface area contributed by atoms with Gasteiger partial charge in [0.05, 0.1) is 11.7 Å². The predicted molar refractivity (Wildman–Crippen MR) is 72.3 cm³/mol. The molecule has 0 saturated carbocycles. The summed E-state index contributed by atoms with van der Waals surface area (Å²) in [5.41, 5.74) is 3.27. The van der Waals surface area contributed by atoms with Gasteiger partial charge in [-0.1, -0.05) is 6.07 Å². The lowest BCUT2D eigenvalue weighted by atomic mass is 10.2. The van der Waals surface area contributed by atoms with E-state index in [1.165, 1.54) is 5.56 Å². The number of aryl methyl sites for hydroxylation is 1. The van der Waals surface area contributed by atoms with Gasteiger partial charge in [0.1, 0.15) is 0 Å². The topological polar surface area (TPSA) is 42.7 Å². The van der Waals surface area contributed by atoms with Crippen LogP contribution in [0.4, 0.5) is 5.69 Å². The Morgan fingerprint density at radius 1 is 1.22 bits per heavy atom. The maximum atomic E-state index is 4.34. The quantitative estimate of drug-likeness (QED) is 0.762. The highest BCUT2D eigenvalue weighted by Gasteiger charge is 2.01. The molecule has 0 amide bonds. The standard InChI is InChI=1S/C14H14N4/c1-18-10-11(9-17-18)8-16-14-6-2-5-13-12(14)4-3-7-15-13/h2-7,9-10,16H,8H2,1H3. The normalized spacial score (nSPS) is 10.7. The molecule has 0 spiro atoms. The summed E-state index contributed by atoms with van der Waals surface area (Å²) in [4.78, 5) is 4.34. The molecular formula is C14H14N4. The average molecular weight is 238 g/mol. The zero-order valence-corrected chi connectivity index (χ0v) is 10.2. The van der Waals surface area contributed by atoms with Gasteiger partial charge in [0.25, 0.3) is 0 Å². The second kappa shape index (κ2) is 4.49. The van der Waals surface area contributed by atoms with E-state index in [-0.39, 0.29) is 0 Å². The summed E-state index contributed by atoms with van der Waals surface area (Å²) in [7, 11) is 1.92. The molecule has 0 saturated heterocycles. The maximum Gasteiger partial charge on any atom is 0.0722 e. The Balaban J connectivity index is 1.86. The van der Waals surface area contributed by atoms with Crippen molar-refractivity contribution in [2.45, 2.75) is 6.54 Å². The summed E-state index contributed by atoms with van der Waals surface area (Å²) in [6.45, 7) is 0.766. The summed E-state index contributed by atoms with van der Waals surface area (Å²) < 4.78 is 1.81. The molecule has 90 valence electrons. The van der Waals surface area contributed by atoms with E-state index < -0.39 is 0 Å². The molecule has 3 aromatic rings. The molecule has 0 aliphatic heterocycles. The van der Waals surface area contributed by atoms with Crippen LogP contribution in [0.1, 0.15) is 5.56 Å². The Labute approximate surface area is 105 Å². The summed E-state index contributed by atoms with van der Waals surface area (Å²) in [6.07, 6.45) is 5.69. The smallest absolute Gasteiger partial charge is 0.0722 e. The molecule has 0 atom stereocenters. The molecule has 0 radical (unpaired) electrons. The van der Waals surface area contributed by atoms with Crippen LogP contribution in [0.5, 0.6) is 0 Å². The van der Waals surface area contributed by atoms with Gasteiger partial charge in [-0.2, -0.15) is 5.10 Å². The molecule has 18 heavy (non-hydrogen) atoms. The minimum atomic E-state index is 0.766. The number of anilines is 1. The minimum absolute atomic E-state index is 0.766. The van der Waals surface area contributed by atoms with Gasteiger partial charge in [-0.05, 0) is 24.3 Å². The first kappa shape index (κ1) is 10.8. The summed E-state index contributed by atoms with van der Waals surface area (Å²) in [6, 6.07) is 10.1. The zero-order chi connectivity index (χ0) is 12.4. The van der Waals surface area contributed by atoms with Gasteiger partial charge in [0.2, 0.25) is 0 Å². The number of hydrogen-bond acceptors (Lipinski definition) is 3. The van der Waals surface area contributed by atoms with Crippen molar-refractivity contribution in [3.63, 3.8) is 0 Å². The van der Waals surface area contributed by atoms with Gasteiger partial charge >= 0.3 is 0 Å². The van der Waals surface area contributed by atoms with Crippen LogP contribution in [0, 0.1) is 0 Å². The van der Waals surface area contributed by atoms with E-state index >= 15 is 0 Å². The van der Waals surface area contributed by atoms with E-state index in [2.05, 4.69) is 27.5 Å². The van der Waals surface area contributed by atoms with Crippen molar-refractivity contribution in [3.05, 3.63) is 54.5 Å². The first-order valence-electron chi connectivity index (χ1n) is 5.88. The molecule has 0 aliphatic carbocycles. The van der Waals surface area contributed by atoms with E-state index in [4.69, 9.17) is 0 Å². The van der Waals surface area contributed by atoms with Crippen molar-refractivity contribution in [2.24, 2.45) is 7.05 Å². The lowest BCUT2D eigenvalue weighted by Crippen LogP contribution is -1.99. The highest BCUT2D eigenvalue weighted by Crippen LogP contribution is 2.21. The number of fused-ring (bicyclic) bond motifs is 1. The van der Waals surface area contributed by atoms with E-state index in [0.29, 0.717) is 0 Å². The van der Waals surface area contributed by atoms with E-state index in [0.717, 1.165) is 23.1 Å². The molecule has 4 heteroatoms. The third kappa shape index (κ3) is 2.05. The van der Waals surface area contributed by atoms with Crippen LogP contribution >= 0.6 is 0 Å². The first-order chi connectivity index (χ1) is 8.83.